The van der Waals surface area contributed by atoms with Crippen molar-refractivity contribution in [1.29, 1.82) is 0 Å². The van der Waals surface area contributed by atoms with E-state index in [2.05, 4.69) is 20.9 Å². The summed E-state index contributed by atoms with van der Waals surface area (Å²) in [7, 11) is 0. The topological polar surface area (TPSA) is 103 Å². The van der Waals surface area contributed by atoms with Gasteiger partial charge in [0.25, 0.3) is 5.91 Å². The van der Waals surface area contributed by atoms with Crippen LogP contribution in [0.25, 0.3) is 0 Å². The van der Waals surface area contributed by atoms with Gasteiger partial charge in [-0.25, -0.2) is 4.98 Å². The van der Waals surface area contributed by atoms with Crippen LogP contribution in [0.4, 0.5) is 5.13 Å². The Morgan fingerprint density at radius 2 is 2.14 bits per heavy atom. The molecule has 3 N–H and O–H groups in total. The van der Waals surface area contributed by atoms with Gasteiger partial charge in [-0.1, -0.05) is 12.1 Å². The van der Waals surface area contributed by atoms with Crippen molar-refractivity contribution in [3.63, 3.8) is 0 Å². The second-order valence-electron chi connectivity index (χ2n) is 7.51. The number of amides is 3. The van der Waals surface area contributed by atoms with Crippen molar-refractivity contribution in [2.24, 2.45) is 0 Å². The van der Waals surface area contributed by atoms with Crippen LogP contribution in [0.5, 0.6) is 0 Å². The maximum Gasteiger partial charge on any atom is 0.255 e. The van der Waals surface area contributed by atoms with Crippen molar-refractivity contribution in [2.45, 2.75) is 44.9 Å². The fourth-order valence-electron chi connectivity index (χ4n) is 4.19. The molecule has 0 saturated carbocycles. The van der Waals surface area contributed by atoms with Gasteiger partial charge < -0.3 is 15.5 Å². The molecule has 0 spiro atoms. The molecular weight excluding hydrogens is 390 g/mol. The van der Waals surface area contributed by atoms with Crippen LogP contribution in [-0.4, -0.2) is 40.2 Å². The summed E-state index contributed by atoms with van der Waals surface area (Å²) < 4.78 is 0. The maximum atomic E-state index is 12.9. The lowest BCUT2D eigenvalue weighted by Crippen LogP contribution is -2.52. The van der Waals surface area contributed by atoms with Crippen LogP contribution in [-0.2, 0) is 35.6 Å². The van der Waals surface area contributed by atoms with Gasteiger partial charge in [0.2, 0.25) is 11.8 Å². The number of anilines is 1. The third-order valence-electron chi connectivity index (χ3n) is 5.71. The van der Waals surface area contributed by atoms with Crippen LogP contribution in [0, 0.1) is 0 Å². The average Bonchev–Trinajstić information content (AvgIpc) is 3.28. The van der Waals surface area contributed by atoms with Crippen LogP contribution in [0.3, 0.4) is 0 Å². The van der Waals surface area contributed by atoms with Gasteiger partial charge >= 0.3 is 0 Å². The summed E-state index contributed by atoms with van der Waals surface area (Å²) in [5.41, 5.74) is 3.72. The van der Waals surface area contributed by atoms with Crippen LogP contribution < -0.4 is 16.0 Å². The Kier molecular flexibility index (Phi) is 4.56. The molecule has 0 bridgehead atoms. The van der Waals surface area contributed by atoms with E-state index in [1.54, 1.807) is 22.3 Å². The standard InChI is InChI=1S/C20H21N5O3S/c26-17-5-4-15(18(27)24-17)25-10-13-11(2-1-3-12(13)19(25)28)8-22-20-23-14-9-21-7-6-16(14)29-20/h1-3,15,21H,4-10H2,(H,22,23)(H,24,26,27). The third kappa shape index (κ3) is 3.30. The Morgan fingerprint density at radius 3 is 2.97 bits per heavy atom. The van der Waals surface area contributed by atoms with E-state index >= 15 is 0 Å². The first-order chi connectivity index (χ1) is 14.1. The Bertz CT molecular complexity index is 994. The minimum absolute atomic E-state index is 0.146. The number of nitrogens with one attached hydrogen (secondary N) is 3. The number of benzene rings is 1. The van der Waals surface area contributed by atoms with Crippen LogP contribution in [0.1, 0.15) is 44.9 Å². The number of imide groups is 1. The van der Waals surface area contributed by atoms with Crippen LogP contribution in [0.15, 0.2) is 18.2 Å². The minimum Gasteiger partial charge on any atom is -0.357 e. The molecule has 0 radical (unpaired) electrons. The number of piperidine rings is 1. The number of aromatic nitrogens is 1. The summed E-state index contributed by atoms with van der Waals surface area (Å²) in [4.78, 5) is 44.1. The molecule has 150 valence electrons. The van der Waals surface area contributed by atoms with Gasteiger partial charge in [-0.2, -0.15) is 0 Å². The lowest BCUT2D eigenvalue weighted by molar-refractivity contribution is -0.136. The molecular formula is C20H21N5O3S. The number of rotatable bonds is 4. The van der Waals surface area contributed by atoms with Crippen molar-refractivity contribution < 1.29 is 14.4 Å². The van der Waals surface area contributed by atoms with E-state index in [1.807, 2.05) is 12.1 Å². The highest BCUT2D eigenvalue weighted by atomic mass is 32.1. The Labute approximate surface area is 171 Å². The molecule has 4 heterocycles. The monoisotopic (exact) mass is 411 g/mol. The highest BCUT2D eigenvalue weighted by Crippen LogP contribution is 2.31. The summed E-state index contributed by atoms with van der Waals surface area (Å²) in [5.74, 6) is -0.808. The van der Waals surface area contributed by atoms with Gasteiger partial charge in [0, 0.05) is 43.0 Å². The molecule has 8 nitrogen and oxygen atoms in total. The SMILES string of the molecule is O=C1CCC(N2Cc3c(CNc4nc5c(s4)CCNC5)cccc3C2=O)C(=O)N1. The van der Waals surface area contributed by atoms with E-state index in [0.717, 1.165) is 41.5 Å². The van der Waals surface area contributed by atoms with Crippen LogP contribution in [0.2, 0.25) is 0 Å². The number of carbonyl (C=O) groups is 3. The van der Waals surface area contributed by atoms with Crippen molar-refractivity contribution in [3.05, 3.63) is 45.5 Å². The average molecular weight is 411 g/mol. The molecule has 2 aromatic rings. The molecule has 9 heteroatoms. The molecule has 1 unspecified atom stereocenters. The summed E-state index contributed by atoms with van der Waals surface area (Å²) in [6, 6.07) is 5.09. The number of fused-ring (bicyclic) bond motifs is 2. The van der Waals surface area contributed by atoms with Gasteiger partial charge in [-0.05, 0) is 30.0 Å². The zero-order chi connectivity index (χ0) is 20.0. The van der Waals surface area contributed by atoms with E-state index < -0.39 is 6.04 Å². The molecule has 3 amide bonds. The van der Waals surface area contributed by atoms with Crippen molar-refractivity contribution >= 4 is 34.2 Å². The number of nitrogens with zero attached hydrogens (tertiary/aromatic N) is 2. The molecule has 29 heavy (non-hydrogen) atoms. The van der Waals surface area contributed by atoms with E-state index in [0.29, 0.717) is 25.1 Å². The first-order valence-electron chi connectivity index (χ1n) is 9.79. The third-order valence-corrected chi connectivity index (χ3v) is 6.82. The second-order valence-corrected chi connectivity index (χ2v) is 8.60. The Morgan fingerprint density at radius 1 is 1.24 bits per heavy atom. The minimum atomic E-state index is -0.591. The fourth-order valence-corrected chi connectivity index (χ4v) is 5.16. The van der Waals surface area contributed by atoms with E-state index in [4.69, 9.17) is 0 Å². The highest BCUT2D eigenvalue weighted by molar-refractivity contribution is 7.15. The molecule has 1 aromatic heterocycles. The summed E-state index contributed by atoms with van der Waals surface area (Å²) in [5, 5.41) is 9.96. The largest absolute Gasteiger partial charge is 0.357 e. The summed E-state index contributed by atoms with van der Waals surface area (Å²) in [6.45, 7) is 2.75. The maximum absolute atomic E-state index is 12.9. The number of thiazole rings is 1. The zero-order valence-electron chi connectivity index (χ0n) is 15.8. The normalized spacial score (nSPS) is 21.0. The van der Waals surface area contributed by atoms with Crippen molar-refractivity contribution in [1.82, 2.24) is 20.5 Å². The van der Waals surface area contributed by atoms with Gasteiger partial charge in [0.05, 0.1) is 5.69 Å². The molecule has 1 fully saturated rings. The van der Waals surface area contributed by atoms with E-state index in [-0.39, 0.29) is 24.1 Å². The van der Waals surface area contributed by atoms with Crippen molar-refractivity contribution in [3.8, 4) is 0 Å². The van der Waals surface area contributed by atoms with Gasteiger partial charge in [0.15, 0.2) is 5.13 Å². The molecule has 1 aromatic carbocycles. The molecule has 0 aliphatic carbocycles. The first-order valence-corrected chi connectivity index (χ1v) is 10.6. The van der Waals surface area contributed by atoms with Gasteiger partial charge in [-0.15, -0.1) is 11.3 Å². The molecule has 1 atom stereocenters. The van der Waals surface area contributed by atoms with E-state index in [9.17, 15) is 14.4 Å². The first kappa shape index (κ1) is 18.3. The summed E-state index contributed by atoms with van der Waals surface area (Å²) >= 11 is 1.69. The fraction of sp³-hybridized carbons (Fsp3) is 0.400. The summed E-state index contributed by atoms with van der Waals surface area (Å²) in [6.07, 6.45) is 1.63. The number of carbonyl (C=O) groups excluding carboxylic acids is 3. The highest BCUT2D eigenvalue weighted by Gasteiger charge is 2.39. The lowest BCUT2D eigenvalue weighted by Gasteiger charge is -2.29. The second kappa shape index (κ2) is 7.23. The smallest absolute Gasteiger partial charge is 0.255 e. The predicted octanol–water partition coefficient (Wildman–Crippen LogP) is 1.16. The number of hydrogen-bond donors (Lipinski definition) is 3. The van der Waals surface area contributed by atoms with Gasteiger partial charge in [-0.3, -0.25) is 19.7 Å². The molecule has 3 aliphatic rings. The Balaban J connectivity index is 1.33. The molecule has 5 rings (SSSR count). The number of hydrogen-bond acceptors (Lipinski definition) is 7. The van der Waals surface area contributed by atoms with Crippen molar-refractivity contribution in [2.75, 3.05) is 11.9 Å². The quantitative estimate of drug-likeness (QED) is 0.653. The zero-order valence-corrected chi connectivity index (χ0v) is 16.6. The molecule has 3 aliphatic heterocycles. The van der Waals surface area contributed by atoms with Gasteiger partial charge in [0.1, 0.15) is 6.04 Å². The van der Waals surface area contributed by atoms with Crippen LogP contribution >= 0.6 is 11.3 Å². The molecule has 1 saturated heterocycles. The predicted molar refractivity (Wildman–Crippen MR) is 107 cm³/mol. The van der Waals surface area contributed by atoms with E-state index in [1.165, 1.54) is 4.88 Å². The lowest BCUT2D eigenvalue weighted by atomic mass is 10.0. The Hall–Kier alpha value is -2.78.